The van der Waals surface area contributed by atoms with Gasteiger partial charge in [0.05, 0.1) is 0 Å². The van der Waals surface area contributed by atoms with Crippen LogP contribution >= 0.6 is 10.8 Å². The molecule has 1 nitrogen and oxygen atoms in total. The summed E-state index contributed by atoms with van der Waals surface area (Å²) in [6, 6.07) is 0. The molecule has 0 unspecified atom stereocenters. The molecule has 0 aliphatic rings. The average Bonchev–Trinajstić information content (AvgIpc) is 1.89. The van der Waals surface area contributed by atoms with E-state index < -0.39 is 9.83 Å². The monoisotopic (exact) mass is 178 g/mol. The van der Waals surface area contributed by atoms with Gasteiger partial charge < -0.3 is 0 Å². The van der Waals surface area contributed by atoms with Crippen molar-refractivity contribution in [2.45, 2.75) is 26.7 Å². The largest absolute Gasteiger partial charge is 0.243 e. The molecule has 1 atom stereocenters. The van der Waals surface area contributed by atoms with Crippen molar-refractivity contribution in [2.75, 3.05) is 5.75 Å². The van der Waals surface area contributed by atoms with Gasteiger partial charge >= 0.3 is 0 Å². The zero-order valence-corrected chi connectivity index (χ0v) is 8.13. The van der Waals surface area contributed by atoms with E-state index in [1.807, 2.05) is 13.0 Å². The van der Waals surface area contributed by atoms with E-state index in [1.165, 1.54) is 17.2 Å². The maximum absolute atomic E-state index is 10.9. The van der Waals surface area contributed by atoms with Crippen molar-refractivity contribution in [3.63, 3.8) is 0 Å². The summed E-state index contributed by atoms with van der Waals surface area (Å²) in [5.41, 5.74) is 0. The van der Waals surface area contributed by atoms with Gasteiger partial charge in [-0.1, -0.05) is 30.2 Å². The van der Waals surface area contributed by atoms with Crippen molar-refractivity contribution < 1.29 is 4.21 Å². The van der Waals surface area contributed by atoms with Gasteiger partial charge in [0.15, 0.2) is 0 Å². The van der Waals surface area contributed by atoms with Crippen LogP contribution in [0.1, 0.15) is 26.7 Å². The molecule has 0 aromatic rings. The average molecular weight is 178 g/mol. The molecule has 0 heterocycles. The van der Waals surface area contributed by atoms with Gasteiger partial charge in [-0.3, -0.25) is 0 Å². The van der Waals surface area contributed by atoms with E-state index in [0.717, 1.165) is 12.2 Å². The van der Waals surface area contributed by atoms with Crippen molar-refractivity contribution in [2.24, 2.45) is 0 Å². The smallest absolute Gasteiger partial charge is 0.105 e. The first-order valence-corrected chi connectivity index (χ1v) is 6.19. The molecule has 0 aliphatic carbocycles. The molecule has 0 rings (SSSR count). The van der Waals surface area contributed by atoms with Crippen molar-refractivity contribution >= 4 is 20.6 Å². The number of hydrogen-bond donors (Lipinski definition) is 0. The maximum Gasteiger partial charge on any atom is 0.105 e. The molecular formula is C7H14OS2. The predicted octanol–water partition coefficient (Wildman–Crippen LogP) is 2.72. The second-order valence-corrected chi connectivity index (χ2v) is 5.04. The lowest BCUT2D eigenvalue weighted by Crippen LogP contribution is -1.80. The molecule has 0 aromatic heterocycles. The first-order chi connectivity index (χ1) is 4.81. The third kappa shape index (κ3) is 6.36. The summed E-state index contributed by atoms with van der Waals surface area (Å²) < 4.78 is 10.9. The van der Waals surface area contributed by atoms with Gasteiger partial charge in [-0.15, -0.1) is 0 Å². The fourth-order valence-corrected chi connectivity index (χ4v) is 2.72. The van der Waals surface area contributed by atoms with E-state index in [9.17, 15) is 4.21 Å². The fourth-order valence-electron chi connectivity index (χ4n) is 0.436. The van der Waals surface area contributed by atoms with Gasteiger partial charge in [-0.25, -0.2) is 4.21 Å². The van der Waals surface area contributed by atoms with E-state index in [0.29, 0.717) is 0 Å². The minimum atomic E-state index is -0.785. The molecule has 0 saturated heterocycles. The highest BCUT2D eigenvalue weighted by Gasteiger charge is 1.92. The number of unbranched alkanes of at least 4 members (excludes halogenated alkanes) is 1. The fraction of sp³-hybridized carbons (Fsp3) is 0.714. The highest BCUT2D eigenvalue weighted by Crippen LogP contribution is 2.10. The van der Waals surface area contributed by atoms with E-state index in [2.05, 4.69) is 6.92 Å². The number of hydrogen-bond acceptors (Lipinski definition) is 2. The van der Waals surface area contributed by atoms with Gasteiger partial charge in [-0.05, 0) is 13.3 Å². The standard InChI is InChI=1S/C7H14OS2/c1-3-5-6-9-10(8)7-4-2/h4,7H,3,5-6H2,1-2H3/b7-4+/t10-/m0/s1. The molecule has 0 spiro atoms. The van der Waals surface area contributed by atoms with Crippen molar-refractivity contribution in [3.05, 3.63) is 11.5 Å². The summed E-state index contributed by atoms with van der Waals surface area (Å²) in [5, 5.41) is 1.72. The lowest BCUT2D eigenvalue weighted by molar-refractivity contribution is 0.696. The normalized spacial score (nSPS) is 14.2. The summed E-state index contributed by atoms with van der Waals surface area (Å²) in [5.74, 6) is 1.01. The van der Waals surface area contributed by atoms with Crippen LogP contribution in [0.25, 0.3) is 0 Å². The molecule has 0 aromatic carbocycles. The third-order valence-electron chi connectivity index (χ3n) is 0.945. The van der Waals surface area contributed by atoms with Gasteiger partial charge in [-0.2, -0.15) is 0 Å². The Morgan fingerprint density at radius 1 is 1.60 bits per heavy atom. The number of rotatable bonds is 5. The van der Waals surface area contributed by atoms with Crippen LogP contribution in [0.4, 0.5) is 0 Å². The molecule has 0 bridgehead atoms. The topological polar surface area (TPSA) is 17.1 Å². The Morgan fingerprint density at radius 2 is 2.30 bits per heavy atom. The van der Waals surface area contributed by atoms with Crippen molar-refractivity contribution in [3.8, 4) is 0 Å². The first kappa shape index (κ1) is 10.2. The van der Waals surface area contributed by atoms with E-state index >= 15 is 0 Å². The zero-order chi connectivity index (χ0) is 7.82. The second-order valence-electron chi connectivity index (χ2n) is 1.91. The first-order valence-electron chi connectivity index (χ1n) is 3.48. The molecule has 0 aliphatic heterocycles. The van der Waals surface area contributed by atoms with Crippen LogP contribution in [-0.4, -0.2) is 9.96 Å². The lowest BCUT2D eigenvalue weighted by atomic mass is 10.4. The predicted molar refractivity (Wildman–Crippen MR) is 50.3 cm³/mol. The molecule has 0 amide bonds. The Hall–Kier alpha value is 0.240. The Labute approximate surface area is 69.1 Å². The molecule has 0 fully saturated rings. The third-order valence-corrected chi connectivity index (χ3v) is 3.66. The van der Waals surface area contributed by atoms with Gasteiger partial charge in [0, 0.05) is 11.2 Å². The molecule has 0 radical (unpaired) electrons. The van der Waals surface area contributed by atoms with Crippen LogP contribution in [0.5, 0.6) is 0 Å². The van der Waals surface area contributed by atoms with Crippen LogP contribution in [0, 0.1) is 0 Å². The van der Waals surface area contributed by atoms with Gasteiger partial charge in [0.2, 0.25) is 0 Å². The lowest BCUT2D eigenvalue weighted by Gasteiger charge is -1.93. The van der Waals surface area contributed by atoms with Crippen LogP contribution < -0.4 is 0 Å². The molecule has 0 N–H and O–H groups in total. The molecule has 0 saturated carbocycles. The van der Waals surface area contributed by atoms with Crippen LogP contribution in [0.3, 0.4) is 0 Å². The Kier molecular flexibility index (Phi) is 7.52. The Balaban J connectivity index is 3.22. The van der Waals surface area contributed by atoms with E-state index in [4.69, 9.17) is 0 Å². The summed E-state index contributed by atoms with van der Waals surface area (Å²) in [6.07, 6.45) is 4.17. The summed E-state index contributed by atoms with van der Waals surface area (Å²) in [4.78, 5) is 0. The molecule has 60 valence electrons. The summed E-state index contributed by atoms with van der Waals surface area (Å²) in [7, 11) is 0.726. The van der Waals surface area contributed by atoms with Crippen molar-refractivity contribution in [1.29, 1.82) is 0 Å². The highest BCUT2D eigenvalue weighted by atomic mass is 33.1. The van der Waals surface area contributed by atoms with E-state index in [-0.39, 0.29) is 0 Å². The zero-order valence-electron chi connectivity index (χ0n) is 6.50. The maximum atomic E-state index is 10.9. The molecular weight excluding hydrogens is 164 g/mol. The minimum Gasteiger partial charge on any atom is -0.243 e. The SMILES string of the molecule is C/C=C/[S@@](=O)SCCCC. The van der Waals surface area contributed by atoms with Crippen molar-refractivity contribution in [1.82, 2.24) is 0 Å². The quantitative estimate of drug-likeness (QED) is 0.475. The van der Waals surface area contributed by atoms with E-state index in [1.54, 1.807) is 5.41 Å². The van der Waals surface area contributed by atoms with Crippen LogP contribution in [0.15, 0.2) is 11.5 Å². The number of allylic oxidation sites excluding steroid dienone is 1. The van der Waals surface area contributed by atoms with Crippen LogP contribution in [0.2, 0.25) is 0 Å². The Morgan fingerprint density at radius 3 is 2.80 bits per heavy atom. The van der Waals surface area contributed by atoms with Gasteiger partial charge in [0.1, 0.15) is 9.83 Å². The highest BCUT2D eigenvalue weighted by molar-refractivity contribution is 8.70. The summed E-state index contributed by atoms with van der Waals surface area (Å²) in [6.45, 7) is 4.03. The van der Waals surface area contributed by atoms with Gasteiger partial charge in [0.25, 0.3) is 0 Å². The molecule has 3 heteroatoms. The minimum absolute atomic E-state index is 0.785. The van der Waals surface area contributed by atoms with Crippen LogP contribution in [-0.2, 0) is 9.83 Å². The Bertz CT molecular complexity index is 121. The summed E-state index contributed by atoms with van der Waals surface area (Å²) >= 11 is 0. The molecule has 10 heavy (non-hydrogen) atoms. The second kappa shape index (κ2) is 7.35.